The molecule has 0 amide bonds. The van der Waals surface area contributed by atoms with E-state index in [4.69, 9.17) is 5.11 Å². The Hall–Kier alpha value is -0.610. The zero-order chi connectivity index (χ0) is 23.6. The number of carbonyl (C=O) groups is 1. The van der Waals surface area contributed by atoms with E-state index in [1.54, 1.807) is 0 Å². The van der Waals surface area contributed by atoms with Crippen molar-refractivity contribution in [3.05, 3.63) is 0 Å². The summed E-state index contributed by atoms with van der Waals surface area (Å²) in [5.41, 5.74) is 0.339. The van der Waals surface area contributed by atoms with E-state index < -0.39 is 5.97 Å². The summed E-state index contributed by atoms with van der Waals surface area (Å²) in [5.74, 6) is 2.21. The van der Waals surface area contributed by atoms with Crippen LogP contribution in [0.25, 0.3) is 0 Å². The monoisotopic (exact) mass is 448 g/mol. The summed E-state index contributed by atoms with van der Waals surface area (Å²) in [6, 6.07) is 0. The van der Waals surface area contributed by atoms with Gasteiger partial charge in [0.2, 0.25) is 0 Å². The van der Waals surface area contributed by atoms with Crippen LogP contribution in [0.1, 0.15) is 99.3 Å². The number of hydrogen-bond donors (Lipinski definition) is 3. The summed E-state index contributed by atoms with van der Waals surface area (Å²) >= 11 is 0. The molecule has 0 saturated heterocycles. The van der Waals surface area contributed by atoms with Crippen molar-refractivity contribution in [3.8, 4) is 0 Å². The number of aliphatic carboxylic acids is 1. The largest absolute Gasteiger partial charge is 0.481 e. The molecule has 4 nitrogen and oxygen atoms in total. The summed E-state index contributed by atoms with van der Waals surface area (Å²) in [4.78, 5) is 11.1. The number of fused-ring (bicyclic) bond motifs is 5. The fourth-order valence-electron chi connectivity index (χ4n) is 9.49. The first-order valence-corrected chi connectivity index (χ1v) is 13.4. The predicted octanol–water partition coefficient (Wildman–Crippen LogP) is 5.75. The third kappa shape index (κ3) is 3.76. The number of aliphatic hydroxyl groups excluding tert-OH is 2. The Kier molecular flexibility index (Phi) is 6.32. The molecule has 4 aliphatic carbocycles. The second-order valence-electron chi connectivity index (χ2n) is 13.8. The molecule has 4 rings (SSSR count). The fourth-order valence-corrected chi connectivity index (χ4v) is 9.49. The summed E-state index contributed by atoms with van der Waals surface area (Å²) < 4.78 is 0. The number of carboxylic acids is 1. The molecular formula is C28H48O4. The molecule has 4 heteroatoms. The molecule has 0 heterocycles. The fraction of sp³-hybridized carbons (Fsp3) is 0.964. The van der Waals surface area contributed by atoms with Gasteiger partial charge >= 0.3 is 5.97 Å². The molecule has 4 aliphatic rings. The van der Waals surface area contributed by atoms with E-state index in [1.165, 1.54) is 19.3 Å². The molecular weight excluding hydrogens is 400 g/mol. The number of hydrogen-bond acceptors (Lipinski definition) is 3. The summed E-state index contributed by atoms with van der Waals surface area (Å²) in [7, 11) is 0. The van der Waals surface area contributed by atoms with Gasteiger partial charge in [-0.25, -0.2) is 0 Å². The molecule has 4 fully saturated rings. The van der Waals surface area contributed by atoms with Gasteiger partial charge in [-0.05, 0) is 109 Å². The predicted molar refractivity (Wildman–Crippen MR) is 127 cm³/mol. The van der Waals surface area contributed by atoms with Gasteiger partial charge in [-0.1, -0.05) is 41.5 Å². The van der Waals surface area contributed by atoms with E-state index in [0.29, 0.717) is 47.3 Å². The van der Waals surface area contributed by atoms with Gasteiger partial charge < -0.3 is 15.3 Å². The third-order valence-corrected chi connectivity index (χ3v) is 11.6. The van der Waals surface area contributed by atoms with E-state index in [-0.39, 0.29) is 35.4 Å². The van der Waals surface area contributed by atoms with Crippen LogP contribution in [0.5, 0.6) is 0 Å². The Bertz CT molecular complexity index is 713. The average Bonchev–Trinajstić information content (AvgIpc) is 3.05. The SMILES string of the molecule is CC(CCC(=O)O)C1CCC2C3C(C[C@H](O)[C@]12C)[C@@]1(C)CCC(C(C)(C)C)CC1C[C@H]3O. The van der Waals surface area contributed by atoms with E-state index in [0.717, 1.165) is 25.7 Å². The molecule has 0 spiro atoms. The molecule has 11 atom stereocenters. The van der Waals surface area contributed by atoms with E-state index in [2.05, 4.69) is 41.5 Å². The first kappa shape index (κ1) is 24.5. The minimum absolute atomic E-state index is 0.203. The highest BCUT2D eigenvalue weighted by Gasteiger charge is 2.65. The maximum atomic E-state index is 11.6. The number of carboxylic acid groups (broad SMARTS) is 1. The summed E-state index contributed by atoms with van der Waals surface area (Å²) in [6.45, 7) is 14.0. The second-order valence-corrected chi connectivity index (χ2v) is 13.8. The first-order chi connectivity index (χ1) is 14.8. The van der Waals surface area contributed by atoms with Crippen LogP contribution in [-0.2, 0) is 4.79 Å². The average molecular weight is 449 g/mol. The van der Waals surface area contributed by atoms with Crippen LogP contribution in [0.15, 0.2) is 0 Å². The lowest BCUT2D eigenvalue weighted by Crippen LogP contribution is -2.62. The van der Waals surface area contributed by atoms with Gasteiger partial charge in [0.1, 0.15) is 0 Å². The van der Waals surface area contributed by atoms with Gasteiger partial charge in [-0.3, -0.25) is 4.79 Å². The maximum absolute atomic E-state index is 11.6. The van der Waals surface area contributed by atoms with Gasteiger partial charge in [0.15, 0.2) is 0 Å². The number of aliphatic hydroxyl groups is 2. The molecule has 0 radical (unpaired) electrons. The van der Waals surface area contributed by atoms with Crippen molar-refractivity contribution in [2.24, 2.45) is 57.7 Å². The maximum Gasteiger partial charge on any atom is 0.303 e. The van der Waals surface area contributed by atoms with Gasteiger partial charge in [-0.15, -0.1) is 0 Å². The highest BCUT2D eigenvalue weighted by atomic mass is 16.4. The normalized spacial score (nSPS) is 49.6. The van der Waals surface area contributed by atoms with E-state index in [1.807, 2.05) is 0 Å². The molecule has 184 valence electrons. The highest BCUT2D eigenvalue weighted by molar-refractivity contribution is 5.66. The topological polar surface area (TPSA) is 77.8 Å². The lowest BCUT2D eigenvalue weighted by Gasteiger charge is -2.64. The minimum atomic E-state index is -0.728. The van der Waals surface area contributed by atoms with Crippen LogP contribution in [0.3, 0.4) is 0 Å². The van der Waals surface area contributed by atoms with Crippen LogP contribution in [0.2, 0.25) is 0 Å². The molecule has 0 aromatic carbocycles. The van der Waals surface area contributed by atoms with Crippen molar-refractivity contribution in [1.29, 1.82) is 0 Å². The van der Waals surface area contributed by atoms with Crippen molar-refractivity contribution in [1.82, 2.24) is 0 Å². The number of rotatable bonds is 4. The molecule has 0 aliphatic heterocycles. The zero-order valence-corrected chi connectivity index (χ0v) is 21.3. The Morgan fingerprint density at radius 2 is 1.72 bits per heavy atom. The minimum Gasteiger partial charge on any atom is -0.481 e. The Labute approximate surface area is 195 Å². The van der Waals surface area contributed by atoms with Crippen LogP contribution in [0, 0.1) is 57.7 Å². The Balaban J connectivity index is 1.58. The Morgan fingerprint density at radius 1 is 1.03 bits per heavy atom. The molecule has 3 N–H and O–H groups in total. The van der Waals surface area contributed by atoms with Crippen LogP contribution >= 0.6 is 0 Å². The molecule has 0 aromatic heterocycles. The Morgan fingerprint density at radius 3 is 2.34 bits per heavy atom. The van der Waals surface area contributed by atoms with Crippen molar-refractivity contribution in [2.75, 3.05) is 0 Å². The van der Waals surface area contributed by atoms with Gasteiger partial charge in [0.25, 0.3) is 0 Å². The van der Waals surface area contributed by atoms with E-state index >= 15 is 0 Å². The lowest BCUT2D eigenvalue weighted by molar-refractivity contribution is -0.206. The molecule has 32 heavy (non-hydrogen) atoms. The third-order valence-electron chi connectivity index (χ3n) is 11.6. The van der Waals surface area contributed by atoms with Crippen molar-refractivity contribution in [2.45, 2.75) is 112 Å². The van der Waals surface area contributed by atoms with Gasteiger partial charge in [0, 0.05) is 6.42 Å². The van der Waals surface area contributed by atoms with Gasteiger partial charge in [-0.2, -0.15) is 0 Å². The quantitative estimate of drug-likeness (QED) is 0.512. The first-order valence-electron chi connectivity index (χ1n) is 13.4. The van der Waals surface area contributed by atoms with Crippen molar-refractivity contribution >= 4 is 5.97 Å². The molecule has 7 unspecified atom stereocenters. The highest BCUT2D eigenvalue weighted by Crippen LogP contribution is 2.69. The van der Waals surface area contributed by atoms with Gasteiger partial charge in [0.05, 0.1) is 12.2 Å². The standard InChI is InChI=1S/C28H48O4/c1-16(7-10-24(31)32)19-8-9-20-25-21(15-23(30)28(19,20)6)27(5)12-11-17(26(2,3)4)13-18(27)14-22(25)29/h16-23,25,29-30H,7-15H2,1-6H3,(H,31,32)/t16?,17?,18?,19?,20?,21?,22-,23+,25?,27+,28-/m1/s1. The van der Waals surface area contributed by atoms with Crippen LogP contribution < -0.4 is 0 Å². The second kappa shape index (κ2) is 8.26. The summed E-state index contributed by atoms with van der Waals surface area (Å²) in [5, 5.41) is 32.4. The van der Waals surface area contributed by atoms with Crippen molar-refractivity contribution < 1.29 is 20.1 Å². The molecule has 0 aromatic rings. The smallest absolute Gasteiger partial charge is 0.303 e. The molecule has 4 saturated carbocycles. The van der Waals surface area contributed by atoms with Crippen molar-refractivity contribution in [3.63, 3.8) is 0 Å². The van der Waals surface area contributed by atoms with E-state index in [9.17, 15) is 15.0 Å². The van der Waals surface area contributed by atoms with Crippen LogP contribution in [0.4, 0.5) is 0 Å². The zero-order valence-electron chi connectivity index (χ0n) is 21.3. The lowest BCUT2D eigenvalue weighted by atomic mass is 9.42. The molecule has 0 bridgehead atoms. The van der Waals surface area contributed by atoms with Crippen LogP contribution in [-0.4, -0.2) is 33.5 Å². The summed E-state index contributed by atoms with van der Waals surface area (Å²) in [6.07, 6.45) is 7.84.